The Morgan fingerprint density at radius 1 is 1.36 bits per heavy atom. The van der Waals surface area contributed by atoms with Crippen molar-refractivity contribution in [2.45, 2.75) is 57.3 Å². The van der Waals surface area contributed by atoms with Gasteiger partial charge in [-0.25, -0.2) is 0 Å². The minimum atomic E-state index is -0.281. The van der Waals surface area contributed by atoms with Crippen LogP contribution in [0, 0.1) is 0 Å². The van der Waals surface area contributed by atoms with Crippen molar-refractivity contribution in [2.24, 2.45) is 0 Å². The summed E-state index contributed by atoms with van der Waals surface area (Å²) in [6, 6.07) is 0.672. The molecule has 84 valence electrons. The first kappa shape index (κ1) is 12.0. The van der Waals surface area contributed by atoms with Crippen molar-refractivity contribution in [1.82, 2.24) is 5.32 Å². The predicted octanol–water partition coefficient (Wildman–Crippen LogP) is 1.30. The van der Waals surface area contributed by atoms with E-state index in [-0.39, 0.29) is 6.10 Å². The molecule has 1 saturated carbocycles. The standard InChI is InChI=1S/C11H23NO2/c1-3-10(13)8-14-11-6-4-9(12-2)5-7-11/h9-13H,3-8H2,1-2H3. The van der Waals surface area contributed by atoms with Crippen LogP contribution >= 0.6 is 0 Å². The molecule has 1 fully saturated rings. The molecule has 0 spiro atoms. The van der Waals surface area contributed by atoms with E-state index < -0.39 is 0 Å². The number of aliphatic hydroxyl groups is 1. The van der Waals surface area contributed by atoms with Gasteiger partial charge in [-0.1, -0.05) is 6.92 Å². The first-order chi connectivity index (χ1) is 6.76. The molecule has 2 N–H and O–H groups in total. The number of rotatable bonds is 5. The Bertz CT molecular complexity index is 144. The minimum Gasteiger partial charge on any atom is -0.391 e. The maximum Gasteiger partial charge on any atom is 0.0771 e. The quantitative estimate of drug-likeness (QED) is 0.704. The molecule has 1 unspecified atom stereocenters. The zero-order chi connectivity index (χ0) is 10.4. The maximum atomic E-state index is 9.35. The molecule has 1 aliphatic rings. The molecule has 0 heterocycles. The number of aliphatic hydroxyl groups excluding tert-OH is 1. The van der Waals surface area contributed by atoms with Crippen LogP contribution < -0.4 is 5.32 Å². The van der Waals surface area contributed by atoms with Crippen molar-refractivity contribution in [3.05, 3.63) is 0 Å². The van der Waals surface area contributed by atoms with Crippen LogP contribution in [0.2, 0.25) is 0 Å². The molecule has 3 heteroatoms. The molecule has 14 heavy (non-hydrogen) atoms. The number of nitrogens with one attached hydrogen (secondary N) is 1. The highest BCUT2D eigenvalue weighted by atomic mass is 16.5. The molecule has 0 bridgehead atoms. The summed E-state index contributed by atoms with van der Waals surface area (Å²) in [5, 5.41) is 12.6. The molecule has 1 atom stereocenters. The molecular formula is C11H23NO2. The van der Waals surface area contributed by atoms with E-state index in [2.05, 4.69) is 5.32 Å². The zero-order valence-electron chi connectivity index (χ0n) is 9.33. The SMILES string of the molecule is CCC(O)COC1CCC(NC)CC1. The summed E-state index contributed by atoms with van der Waals surface area (Å²) in [6.45, 7) is 2.48. The Kier molecular flexibility index (Phi) is 5.45. The van der Waals surface area contributed by atoms with E-state index in [0.717, 1.165) is 19.3 Å². The van der Waals surface area contributed by atoms with E-state index >= 15 is 0 Å². The largest absolute Gasteiger partial charge is 0.391 e. The van der Waals surface area contributed by atoms with Crippen molar-refractivity contribution in [3.8, 4) is 0 Å². The highest BCUT2D eigenvalue weighted by Gasteiger charge is 2.20. The van der Waals surface area contributed by atoms with Crippen LogP contribution in [0.1, 0.15) is 39.0 Å². The monoisotopic (exact) mass is 201 g/mol. The Balaban J connectivity index is 2.10. The van der Waals surface area contributed by atoms with E-state index in [1.165, 1.54) is 12.8 Å². The molecule has 1 rings (SSSR count). The van der Waals surface area contributed by atoms with Gasteiger partial charge in [0, 0.05) is 6.04 Å². The highest BCUT2D eigenvalue weighted by Crippen LogP contribution is 2.21. The maximum absolute atomic E-state index is 9.35. The van der Waals surface area contributed by atoms with Crippen molar-refractivity contribution in [1.29, 1.82) is 0 Å². The van der Waals surface area contributed by atoms with E-state index in [4.69, 9.17) is 4.74 Å². The van der Waals surface area contributed by atoms with Crippen LogP contribution in [0.3, 0.4) is 0 Å². The van der Waals surface area contributed by atoms with Crippen LogP contribution in [0.5, 0.6) is 0 Å². The Labute approximate surface area is 86.8 Å². The van der Waals surface area contributed by atoms with Crippen LogP contribution in [-0.4, -0.2) is 37.0 Å². The van der Waals surface area contributed by atoms with Crippen LogP contribution in [0.15, 0.2) is 0 Å². The second kappa shape index (κ2) is 6.38. The van der Waals surface area contributed by atoms with Crippen LogP contribution in [0.25, 0.3) is 0 Å². The summed E-state index contributed by atoms with van der Waals surface area (Å²) < 4.78 is 5.65. The summed E-state index contributed by atoms with van der Waals surface area (Å²) in [5.41, 5.74) is 0. The van der Waals surface area contributed by atoms with Gasteiger partial charge < -0.3 is 15.2 Å². The lowest BCUT2D eigenvalue weighted by Crippen LogP contribution is -2.34. The lowest BCUT2D eigenvalue weighted by molar-refractivity contribution is -0.0272. The molecule has 0 aliphatic heterocycles. The minimum absolute atomic E-state index is 0.281. The average Bonchev–Trinajstić information content (AvgIpc) is 2.26. The number of ether oxygens (including phenoxy) is 1. The second-order valence-electron chi connectivity index (χ2n) is 4.16. The fourth-order valence-corrected chi connectivity index (χ4v) is 1.88. The molecule has 0 aromatic heterocycles. The lowest BCUT2D eigenvalue weighted by atomic mass is 9.93. The van der Waals surface area contributed by atoms with Gasteiger partial charge in [-0.3, -0.25) is 0 Å². The lowest BCUT2D eigenvalue weighted by Gasteiger charge is -2.28. The van der Waals surface area contributed by atoms with Gasteiger partial charge in [0.2, 0.25) is 0 Å². The van der Waals surface area contributed by atoms with Crippen molar-refractivity contribution < 1.29 is 9.84 Å². The molecular weight excluding hydrogens is 178 g/mol. The Morgan fingerprint density at radius 2 is 2.00 bits per heavy atom. The fourth-order valence-electron chi connectivity index (χ4n) is 1.88. The smallest absolute Gasteiger partial charge is 0.0771 e. The molecule has 1 aliphatic carbocycles. The summed E-state index contributed by atoms with van der Waals surface area (Å²) in [7, 11) is 2.02. The van der Waals surface area contributed by atoms with Gasteiger partial charge >= 0.3 is 0 Å². The highest BCUT2D eigenvalue weighted by molar-refractivity contribution is 4.76. The van der Waals surface area contributed by atoms with E-state index in [9.17, 15) is 5.11 Å². The van der Waals surface area contributed by atoms with Gasteiger partial charge in [0.05, 0.1) is 18.8 Å². The summed E-state index contributed by atoms with van der Waals surface area (Å²) in [6.07, 6.45) is 5.53. The zero-order valence-corrected chi connectivity index (χ0v) is 9.33. The van der Waals surface area contributed by atoms with E-state index in [1.807, 2.05) is 14.0 Å². The van der Waals surface area contributed by atoms with Crippen molar-refractivity contribution >= 4 is 0 Å². The van der Waals surface area contributed by atoms with Gasteiger partial charge in [-0.05, 0) is 39.2 Å². The average molecular weight is 201 g/mol. The third-order valence-corrected chi connectivity index (χ3v) is 3.08. The number of hydrogen-bond acceptors (Lipinski definition) is 3. The molecule has 0 aromatic rings. The van der Waals surface area contributed by atoms with E-state index in [0.29, 0.717) is 18.8 Å². The first-order valence-electron chi connectivity index (χ1n) is 5.73. The second-order valence-corrected chi connectivity index (χ2v) is 4.16. The van der Waals surface area contributed by atoms with E-state index in [1.54, 1.807) is 0 Å². The Hall–Kier alpha value is -0.120. The third kappa shape index (κ3) is 3.95. The van der Waals surface area contributed by atoms with Gasteiger partial charge in [-0.2, -0.15) is 0 Å². The Morgan fingerprint density at radius 3 is 2.50 bits per heavy atom. The first-order valence-corrected chi connectivity index (χ1v) is 5.73. The summed E-state index contributed by atoms with van der Waals surface area (Å²) in [5.74, 6) is 0. The van der Waals surface area contributed by atoms with Crippen molar-refractivity contribution in [3.63, 3.8) is 0 Å². The van der Waals surface area contributed by atoms with Crippen LogP contribution in [-0.2, 0) is 4.74 Å². The van der Waals surface area contributed by atoms with Crippen molar-refractivity contribution in [2.75, 3.05) is 13.7 Å². The topological polar surface area (TPSA) is 41.5 Å². The molecule has 0 amide bonds. The van der Waals surface area contributed by atoms with Gasteiger partial charge in [0.25, 0.3) is 0 Å². The summed E-state index contributed by atoms with van der Waals surface area (Å²) >= 11 is 0. The number of hydrogen-bond donors (Lipinski definition) is 2. The van der Waals surface area contributed by atoms with Crippen LogP contribution in [0.4, 0.5) is 0 Å². The normalized spacial score (nSPS) is 30.2. The third-order valence-electron chi connectivity index (χ3n) is 3.08. The predicted molar refractivity (Wildman–Crippen MR) is 57.4 cm³/mol. The molecule has 0 saturated heterocycles. The van der Waals surface area contributed by atoms with Gasteiger partial charge in [-0.15, -0.1) is 0 Å². The van der Waals surface area contributed by atoms with Gasteiger partial charge in [0.15, 0.2) is 0 Å². The fraction of sp³-hybridized carbons (Fsp3) is 1.00. The summed E-state index contributed by atoms with van der Waals surface area (Å²) in [4.78, 5) is 0. The molecule has 0 radical (unpaired) electrons. The molecule has 0 aromatic carbocycles. The molecule has 3 nitrogen and oxygen atoms in total. The van der Waals surface area contributed by atoms with Gasteiger partial charge in [0.1, 0.15) is 0 Å².